The van der Waals surface area contributed by atoms with Crippen LogP contribution in [-0.2, 0) is 23.6 Å². The van der Waals surface area contributed by atoms with E-state index in [0.717, 1.165) is 0 Å². The number of likely N-dealkylation sites (N-methyl/N-ethyl adjacent to an activating group) is 2. The number of nitrogens with one attached hydrogen (secondary N) is 2. The van der Waals surface area contributed by atoms with Crippen molar-refractivity contribution in [1.82, 2.24) is 5.32 Å². The minimum Gasteiger partial charge on any atom is -0.482 e. The standard InChI is InChI=1S/C22H32N2O5Si.C11H11NO3.C10H9NO3/c1-13(29-30(6,7)22(2,3)4)20-15(23-21(20)27)11-17(25)14-8-9-18-16(10-14)24(5)19(26)12-28-18;1-7(13)8-3-4-10-9(5-8)12(2)11(14)6-15-10;1-6(12)7-2-3-9-8(4-7)11-10(13)5-14-9/h8-10,13,15,20H,11-12H2,1-7H3,(H,23,27);3-5H,6H2,1-2H3;2-4H,5H2,1H3,(H,11,13)/t13-,15-,20-;;/m1../s1. The average Bonchev–Trinajstić information content (AvgIpc) is 3.16. The summed E-state index contributed by atoms with van der Waals surface area (Å²) in [5.74, 6) is 0.819. The van der Waals surface area contributed by atoms with E-state index >= 15 is 0 Å². The van der Waals surface area contributed by atoms with Gasteiger partial charge in [0.15, 0.2) is 45.5 Å². The molecule has 7 rings (SSSR count). The van der Waals surface area contributed by atoms with Crippen molar-refractivity contribution in [2.45, 2.75) is 78.2 Å². The van der Waals surface area contributed by atoms with Crippen molar-refractivity contribution in [3.8, 4) is 17.2 Å². The molecule has 16 heteroatoms. The lowest BCUT2D eigenvalue weighted by Crippen LogP contribution is -2.64. The molecule has 1 saturated heterocycles. The molecule has 3 atom stereocenters. The van der Waals surface area contributed by atoms with Gasteiger partial charge in [-0.2, -0.15) is 0 Å². The summed E-state index contributed by atoms with van der Waals surface area (Å²) in [5.41, 5.74) is 3.44. The lowest BCUT2D eigenvalue weighted by atomic mass is 9.82. The van der Waals surface area contributed by atoms with Crippen molar-refractivity contribution < 1.29 is 52.2 Å². The Labute approximate surface area is 344 Å². The molecule has 4 amide bonds. The molecule has 0 aliphatic carbocycles. The van der Waals surface area contributed by atoms with E-state index in [1.165, 1.54) is 23.6 Å². The van der Waals surface area contributed by atoms with Crippen LogP contribution >= 0.6 is 0 Å². The van der Waals surface area contributed by atoms with Gasteiger partial charge in [0.1, 0.15) is 17.2 Å². The molecule has 314 valence electrons. The number of ether oxygens (including phenoxy) is 3. The largest absolute Gasteiger partial charge is 0.482 e. The third kappa shape index (κ3) is 10.1. The summed E-state index contributed by atoms with van der Waals surface area (Å²) in [4.78, 5) is 84.6. The maximum absolute atomic E-state index is 12.9. The van der Waals surface area contributed by atoms with E-state index in [1.807, 2.05) is 6.92 Å². The highest BCUT2D eigenvalue weighted by Gasteiger charge is 2.48. The third-order valence-corrected chi connectivity index (χ3v) is 15.7. The number of hydrogen-bond donors (Lipinski definition) is 2. The Balaban J connectivity index is 0.000000189. The number of benzene rings is 3. The maximum Gasteiger partial charge on any atom is 0.264 e. The lowest BCUT2D eigenvalue weighted by Gasteiger charge is -2.45. The van der Waals surface area contributed by atoms with Gasteiger partial charge in [0.25, 0.3) is 17.7 Å². The summed E-state index contributed by atoms with van der Waals surface area (Å²) in [5, 5.41) is 5.55. The van der Waals surface area contributed by atoms with Crippen molar-refractivity contribution >= 4 is 66.4 Å². The van der Waals surface area contributed by atoms with Gasteiger partial charge in [-0.25, -0.2) is 0 Å². The van der Waals surface area contributed by atoms with Crippen LogP contribution in [0.15, 0.2) is 54.6 Å². The Morgan fingerprint density at radius 1 is 0.763 bits per heavy atom. The summed E-state index contributed by atoms with van der Waals surface area (Å²) in [6.45, 7) is 15.8. The predicted molar refractivity (Wildman–Crippen MR) is 223 cm³/mol. The van der Waals surface area contributed by atoms with Gasteiger partial charge in [0.05, 0.1) is 35.1 Å². The van der Waals surface area contributed by atoms with Crippen LogP contribution in [0.4, 0.5) is 17.1 Å². The zero-order chi connectivity index (χ0) is 43.6. The first-order chi connectivity index (χ1) is 27.6. The van der Waals surface area contributed by atoms with Crippen LogP contribution in [0.5, 0.6) is 17.2 Å². The van der Waals surface area contributed by atoms with Crippen LogP contribution < -0.4 is 34.6 Å². The molecule has 0 bridgehead atoms. The number of nitrogens with zero attached hydrogens (tertiary/aromatic N) is 2. The number of anilines is 3. The number of carbonyl (C=O) groups excluding carboxylic acids is 7. The quantitative estimate of drug-likeness (QED) is 0.164. The van der Waals surface area contributed by atoms with Crippen LogP contribution in [-0.4, -0.2) is 95.4 Å². The molecule has 0 unspecified atom stereocenters. The molecule has 4 heterocycles. The Morgan fingerprint density at radius 3 is 1.75 bits per heavy atom. The SMILES string of the molecule is CC(=O)c1ccc2c(c1)N(C)C(=O)CO2.CC(=O)c1ccc2c(c1)NC(=O)CO2.C[C@@H](O[Si](C)(C)C(C)(C)C)[C@H]1C(=O)N[C@@H]1CC(=O)c1ccc2c(c1)N(C)C(=O)CO2. The first-order valence-corrected chi connectivity index (χ1v) is 22.2. The van der Waals surface area contributed by atoms with Gasteiger partial charge in [-0.3, -0.25) is 33.6 Å². The van der Waals surface area contributed by atoms with E-state index in [9.17, 15) is 33.6 Å². The van der Waals surface area contributed by atoms with Crippen LogP contribution in [0, 0.1) is 5.92 Å². The van der Waals surface area contributed by atoms with Gasteiger partial charge in [0.2, 0.25) is 5.91 Å². The summed E-state index contributed by atoms with van der Waals surface area (Å²) in [6.07, 6.45) is -0.0584. The zero-order valence-corrected chi connectivity index (χ0v) is 36.1. The monoisotopic (exact) mass is 828 g/mol. The molecule has 3 aromatic carbocycles. The smallest absolute Gasteiger partial charge is 0.264 e. The van der Waals surface area contributed by atoms with Crippen molar-refractivity contribution in [3.05, 3.63) is 71.3 Å². The van der Waals surface area contributed by atoms with Gasteiger partial charge in [-0.1, -0.05) is 20.8 Å². The van der Waals surface area contributed by atoms with Crippen molar-refractivity contribution in [2.24, 2.45) is 5.92 Å². The molecule has 59 heavy (non-hydrogen) atoms. The topological polar surface area (TPSA) is 187 Å². The van der Waals surface area contributed by atoms with Crippen LogP contribution in [0.25, 0.3) is 0 Å². The number of ketones is 3. The van der Waals surface area contributed by atoms with Gasteiger partial charge in [0, 0.05) is 37.2 Å². The highest BCUT2D eigenvalue weighted by atomic mass is 28.4. The number of β-lactam (4-membered cyclic amide) rings is 1. The number of hydrogen-bond acceptors (Lipinski definition) is 11. The average molecular weight is 829 g/mol. The van der Waals surface area contributed by atoms with Crippen molar-refractivity contribution in [1.29, 1.82) is 0 Å². The number of carbonyl (C=O) groups is 7. The van der Waals surface area contributed by atoms with Gasteiger partial charge < -0.3 is 39.1 Å². The predicted octanol–water partition coefficient (Wildman–Crippen LogP) is 5.60. The second-order valence-electron chi connectivity index (χ2n) is 16.4. The fraction of sp³-hybridized carbons (Fsp3) is 0.419. The van der Waals surface area contributed by atoms with Crippen LogP contribution in [0.3, 0.4) is 0 Å². The molecular formula is C43H52N4O11Si. The number of amides is 4. The van der Waals surface area contributed by atoms with E-state index in [4.69, 9.17) is 18.6 Å². The second-order valence-corrected chi connectivity index (χ2v) is 21.1. The highest BCUT2D eigenvalue weighted by Crippen LogP contribution is 2.40. The molecular weight excluding hydrogens is 777 g/mol. The maximum atomic E-state index is 12.9. The van der Waals surface area contributed by atoms with Gasteiger partial charge in [-0.05, 0) is 93.5 Å². The summed E-state index contributed by atoms with van der Waals surface area (Å²) < 4.78 is 22.2. The molecule has 3 aromatic rings. The number of rotatable bonds is 8. The first-order valence-electron chi connectivity index (χ1n) is 19.2. The molecule has 0 aromatic heterocycles. The Bertz CT molecular complexity index is 2200. The number of Topliss-reactive ketones (excluding diaryl/α,β-unsaturated/α-hetero) is 3. The summed E-state index contributed by atoms with van der Waals surface area (Å²) in [7, 11) is 1.32. The second kappa shape index (κ2) is 17.5. The molecule has 1 fully saturated rings. The van der Waals surface area contributed by atoms with E-state index in [1.54, 1.807) is 68.7 Å². The lowest BCUT2D eigenvalue weighted by molar-refractivity contribution is -0.139. The van der Waals surface area contributed by atoms with Crippen LogP contribution in [0.2, 0.25) is 18.1 Å². The Hall–Kier alpha value is -5.87. The fourth-order valence-electron chi connectivity index (χ4n) is 6.44. The van der Waals surface area contributed by atoms with Crippen molar-refractivity contribution in [2.75, 3.05) is 49.0 Å². The van der Waals surface area contributed by atoms with Crippen molar-refractivity contribution in [3.63, 3.8) is 0 Å². The minimum absolute atomic E-state index is 0.00129. The molecule has 2 N–H and O–H groups in total. The van der Waals surface area contributed by atoms with Gasteiger partial charge in [-0.15, -0.1) is 0 Å². The van der Waals surface area contributed by atoms with E-state index in [2.05, 4.69) is 44.5 Å². The van der Waals surface area contributed by atoms with Crippen LogP contribution in [0.1, 0.15) is 79.0 Å². The molecule has 0 spiro atoms. The molecule has 0 radical (unpaired) electrons. The highest BCUT2D eigenvalue weighted by molar-refractivity contribution is 6.74. The van der Waals surface area contributed by atoms with E-state index < -0.39 is 8.32 Å². The Kier molecular flexibility index (Phi) is 13.2. The third-order valence-electron chi connectivity index (χ3n) is 11.1. The van der Waals surface area contributed by atoms with E-state index in [-0.39, 0.29) is 90.3 Å². The molecule has 4 aliphatic rings. The Morgan fingerprint density at radius 2 is 1.24 bits per heavy atom. The molecule has 15 nitrogen and oxygen atoms in total. The molecule has 4 aliphatic heterocycles. The normalized spacial score (nSPS) is 18.5. The summed E-state index contributed by atoms with van der Waals surface area (Å²) >= 11 is 0. The first kappa shape index (κ1) is 44.2. The fourth-order valence-corrected chi connectivity index (χ4v) is 7.87. The zero-order valence-electron chi connectivity index (χ0n) is 35.1. The minimum atomic E-state index is -2.02. The van der Waals surface area contributed by atoms with E-state index in [0.29, 0.717) is 51.0 Å². The van der Waals surface area contributed by atoms with Gasteiger partial charge >= 0.3 is 0 Å². The molecule has 0 saturated carbocycles. The summed E-state index contributed by atoms with van der Waals surface area (Å²) in [6, 6.07) is 14.9. The number of fused-ring (bicyclic) bond motifs is 3.